The third kappa shape index (κ3) is 4.05. The van der Waals surface area contributed by atoms with E-state index in [1.165, 1.54) is 36.6 Å². The smallest absolute Gasteiger partial charge is 0.122 e. The van der Waals surface area contributed by atoms with Gasteiger partial charge in [0, 0.05) is 36.7 Å². The van der Waals surface area contributed by atoms with Crippen molar-refractivity contribution in [1.82, 2.24) is 10.2 Å². The van der Waals surface area contributed by atoms with Crippen LogP contribution >= 0.6 is 11.8 Å². The highest BCUT2D eigenvalue weighted by Gasteiger charge is 2.14. The van der Waals surface area contributed by atoms with Gasteiger partial charge in [0.1, 0.15) is 5.76 Å². The monoisotopic (exact) mass is 254 g/mol. The van der Waals surface area contributed by atoms with Gasteiger partial charge in [0.25, 0.3) is 0 Å². The van der Waals surface area contributed by atoms with Gasteiger partial charge in [-0.3, -0.25) is 4.90 Å². The van der Waals surface area contributed by atoms with Gasteiger partial charge in [-0.15, -0.1) is 0 Å². The van der Waals surface area contributed by atoms with Crippen molar-refractivity contribution in [2.24, 2.45) is 0 Å². The van der Waals surface area contributed by atoms with Crippen LogP contribution in [-0.2, 0) is 13.1 Å². The van der Waals surface area contributed by atoms with Gasteiger partial charge in [-0.1, -0.05) is 6.92 Å². The molecule has 2 heterocycles. The van der Waals surface area contributed by atoms with Crippen LogP contribution in [0.5, 0.6) is 0 Å². The second kappa shape index (κ2) is 7.09. The van der Waals surface area contributed by atoms with Crippen molar-refractivity contribution < 1.29 is 4.42 Å². The van der Waals surface area contributed by atoms with Gasteiger partial charge in [0.2, 0.25) is 0 Å². The first-order valence-corrected chi connectivity index (χ1v) is 7.61. The van der Waals surface area contributed by atoms with Gasteiger partial charge < -0.3 is 9.73 Å². The standard InChI is InChI=1S/C13H22N2OS/c1-2-4-14-10-13-12(3-7-16-13)11-15-5-8-17-9-6-15/h3,7,14H,2,4-6,8-11H2,1H3. The average molecular weight is 254 g/mol. The zero-order valence-electron chi connectivity index (χ0n) is 10.6. The molecule has 0 radical (unpaired) electrons. The fraction of sp³-hybridized carbons (Fsp3) is 0.692. The lowest BCUT2D eigenvalue weighted by molar-refractivity contribution is 0.291. The summed E-state index contributed by atoms with van der Waals surface area (Å²) in [7, 11) is 0. The zero-order chi connectivity index (χ0) is 11.9. The Morgan fingerprint density at radius 1 is 1.41 bits per heavy atom. The molecule has 17 heavy (non-hydrogen) atoms. The average Bonchev–Trinajstić information content (AvgIpc) is 2.79. The molecule has 1 aliphatic rings. The van der Waals surface area contributed by atoms with Crippen molar-refractivity contribution in [3.05, 3.63) is 23.7 Å². The fourth-order valence-electron chi connectivity index (χ4n) is 2.04. The van der Waals surface area contributed by atoms with Gasteiger partial charge in [0.15, 0.2) is 0 Å². The molecule has 0 aromatic carbocycles. The van der Waals surface area contributed by atoms with Crippen molar-refractivity contribution in [2.75, 3.05) is 31.1 Å². The molecule has 1 aromatic rings. The van der Waals surface area contributed by atoms with E-state index in [9.17, 15) is 0 Å². The van der Waals surface area contributed by atoms with Gasteiger partial charge in [-0.2, -0.15) is 11.8 Å². The first-order valence-electron chi connectivity index (χ1n) is 6.46. The summed E-state index contributed by atoms with van der Waals surface area (Å²) in [6, 6.07) is 2.12. The molecule has 0 atom stereocenters. The molecule has 0 unspecified atom stereocenters. The Morgan fingerprint density at radius 2 is 2.24 bits per heavy atom. The highest BCUT2D eigenvalue weighted by Crippen LogP contribution is 2.16. The maximum Gasteiger partial charge on any atom is 0.122 e. The molecule has 0 saturated carbocycles. The Bertz CT molecular complexity index is 321. The molecular weight excluding hydrogens is 232 g/mol. The van der Waals surface area contributed by atoms with Gasteiger partial charge in [0.05, 0.1) is 12.8 Å². The van der Waals surface area contributed by atoms with E-state index in [1.54, 1.807) is 0 Å². The number of hydrogen-bond donors (Lipinski definition) is 1. The van der Waals surface area contributed by atoms with Crippen LogP contribution in [0.1, 0.15) is 24.7 Å². The summed E-state index contributed by atoms with van der Waals surface area (Å²) in [5.41, 5.74) is 1.35. The lowest BCUT2D eigenvalue weighted by Gasteiger charge is -2.25. The van der Waals surface area contributed by atoms with E-state index in [4.69, 9.17) is 4.42 Å². The summed E-state index contributed by atoms with van der Waals surface area (Å²) in [6.07, 6.45) is 2.98. The highest BCUT2D eigenvalue weighted by atomic mass is 32.2. The largest absolute Gasteiger partial charge is 0.468 e. The van der Waals surface area contributed by atoms with Crippen molar-refractivity contribution in [1.29, 1.82) is 0 Å². The van der Waals surface area contributed by atoms with Gasteiger partial charge in [-0.25, -0.2) is 0 Å². The zero-order valence-corrected chi connectivity index (χ0v) is 11.4. The Balaban J connectivity index is 1.84. The quantitative estimate of drug-likeness (QED) is 0.789. The van der Waals surface area contributed by atoms with Gasteiger partial charge >= 0.3 is 0 Å². The predicted octanol–water partition coefficient (Wildman–Crippen LogP) is 2.33. The van der Waals surface area contributed by atoms with Crippen LogP contribution in [0.4, 0.5) is 0 Å². The maximum atomic E-state index is 5.56. The second-order valence-electron chi connectivity index (χ2n) is 4.43. The van der Waals surface area contributed by atoms with Crippen LogP contribution in [0.2, 0.25) is 0 Å². The topological polar surface area (TPSA) is 28.4 Å². The molecule has 0 aliphatic carbocycles. The maximum absolute atomic E-state index is 5.56. The minimum atomic E-state index is 0.860. The first kappa shape index (κ1) is 13.0. The number of rotatable bonds is 6. The Kier molecular flexibility index (Phi) is 5.42. The van der Waals surface area contributed by atoms with Crippen molar-refractivity contribution in [3.63, 3.8) is 0 Å². The number of furan rings is 1. The van der Waals surface area contributed by atoms with Gasteiger partial charge in [-0.05, 0) is 19.0 Å². The van der Waals surface area contributed by atoms with E-state index < -0.39 is 0 Å². The summed E-state index contributed by atoms with van der Waals surface area (Å²) in [6.45, 7) is 7.55. The van der Waals surface area contributed by atoms with Crippen LogP contribution in [0, 0.1) is 0 Å². The third-order valence-corrected chi connectivity index (χ3v) is 3.99. The Labute approximate surface area is 108 Å². The summed E-state index contributed by atoms with van der Waals surface area (Å²) < 4.78 is 5.56. The molecule has 2 rings (SSSR count). The summed E-state index contributed by atoms with van der Waals surface area (Å²) in [4.78, 5) is 2.52. The minimum Gasteiger partial charge on any atom is -0.468 e. The van der Waals surface area contributed by atoms with Crippen molar-refractivity contribution in [3.8, 4) is 0 Å². The third-order valence-electron chi connectivity index (χ3n) is 3.05. The molecule has 3 nitrogen and oxygen atoms in total. The molecule has 0 amide bonds. The van der Waals surface area contributed by atoms with Crippen LogP contribution < -0.4 is 5.32 Å². The molecule has 1 N–H and O–H groups in total. The predicted molar refractivity (Wildman–Crippen MR) is 73.3 cm³/mol. The first-order chi connectivity index (χ1) is 8.40. The summed E-state index contributed by atoms with van der Waals surface area (Å²) >= 11 is 2.05. The molecule has 1 aromatic heterocycles. The lowest BCUT2D eigenvalue weighted by Crippen LogP contribution is -2.32. The number of nitrogens with zero attached hydrogens (tertiary/aromatic N) is 1. The molecule has 1 aliphatic heterocycles. The number of hydrogen-bond acceptors (Lipinski definition) is 4. The molecule has 1 saturated heterocycles. The minimum absolute atomic E-state index is 0.860. The van der Waals surface area contributed by atoms with Crippen LogP contribution in [-0.4, -0.2) is 36.0 Å². The SMILES string of the molecule is CCCNCc1occc1CN1CCSCC1. The Morgan fingerprint density at radius 3 is 3.00 bits per heavy atom. The molecular formula is C13H22N2OS. The molecule has 4 heteroatoms. The van der Waals surface area contributed by atoms with E-state index >= 15 is 0 Å². The van der Waals surface area contributed by atoms with E-state index in [2.05, 4.69) is 35.0 Å². The van der Waals surface area contributed by atoms with Crippen LogP contribution in [0.25, 0.3) is 0 Å². The van der Waals surface area contributed by atoms with Crippen molar-refractivity contribution >= 4 is 11.8 Å². The van der Waals surface area contributed by atoms with E-state index in [-0.39, 0.29) is 0 Å². The van der Waals surface area contributed by atoms with E-state index in [0.717, 1.165) is 25.4 Å². The molecule has 0 bridgehead atoms. The van der Waals surface area contributed by atoms with E-state index in [0.29, 0.717) is 0 Å². The highest BCUT2D eigenvalue weighted by molar-refractivity contribution is 7.99. The van der Waals surface area contributed by atoms with Crippen LogP contribution in [0.3, 0.4) is 0 Å². The van der Waals surface area contributed by atoms with Crippen LogP contribution in [0.15, 0.2) is 16.7 Å². The second-order valence-corrected chi connectivity index (χ2v) is 5.66. The lowest BCUT2D eigenvalue weighted by atomic mass is 10.2. The van der Waals surface area contributed by atoms with Crippen molar-refractivity contribution in [2.45, 2.75) is 26.4 Å². The number of thioether (sulfide) groups is 1. The summed E-state index contributed by atoms with van der Waals surface area (Å²) in [5, 5.41) is 3.40. The normalized spacial score (nSPS) is 17.5. The molecule has 96 valence electrons. The fourth-order valence-corrected chi connectivity index (χ4v) is 3.02. The van der Waals surface area contributed by atoms with E-state index in [1.807, 2.05) is 6.26 Å². The summed E-state index contributed by atoms with van der Waals surface area (Å²) in [5.74, 6) is 3.64. The molecule has 1 fully saturated rings. The number of nitrogens with one attached hydrogen (secondary N) is 1. The Hall–Kier alpha value is -0.450. The molecule has 0 spiro atoms.